The van der Waals surface area contributed by atoms with E-state index in [2.05, 4.69) is 23.2 Å². The third-order valence-electron chi connectivity index (χ3n) is 3.64. The van der Waals surface area contributed by atoms with Gasteiger partial charge in [-0.15, -0.1) is 0 Å². The molecule has 1 aromatic heterocycles. The van der Waals surface area contributed by atoms with Crippen molar-refractivity contribution >= 4 is 39.0 Å². The number of nitrogens with zero attached hydrogens (tertiary/aromatic N) is 1. The second kappa shape index (κ2) is 4.50. The Morgan fingerprint density at radius 1 is 1.15 bits per heavy atom. The van der Waals surface area contributed by atoms with Crippen LogP contribution in [0.4, 0.5) is 0 Å². The molecule has 0 saturated carbocycles. The monoisotopic (exact) mass is 281 g/mol. The van der Waals surface area contributed by atoms with Gasteiger partial charge in [0, 0.05) is 11.0 Å². The van der Waals surface area contributed by atoms with E-state index in [1.54, 1.807) is 0 Å². The van der Waals surface area contributed by atoms with Gasteiger partial charge in [-0.1, -0.05) is 48.0 Å². The van der Waals surface area contributed by atoms with Gasteiger partial charge in [-0.05, 0) is 30.4 Å². The molecule has 0 fully saturated rings. The normalized spacial score (nSPS) is 14.9. The number of hydrogen-bond acceptors (Lipinski definition) is 2. The van der Waals surface area contributed by atoms with E-state index in [-0.39, 0.29) is 0 Å². The number of rotatable bonds is 1. The fraction of sp³-hybridized carbons (Fsp3) is 0.118. The van der Waals surface area contributed by atoms with Crippen LogP contribution >= 0.6 is 11.6 Å². The summed E-state index contributed by atoms with van der Waals surface area (Å²) in [4.78, 5) is 4.60. The fourth-order valence-electron chi connectivity index (χ4n) is 2.63. The molecular weight excluding hydrogens is 270 g/mol. The Morgan fingerprint density at radius 2 is 2.10 bits per heavy atom. The summed E-state index contributed by atoms with van der Waals surface area (Å²) < 4.78 is 6.00. The van der Waals surface area contributed by atoms with Crippen LogP contribution in [0.3, 0.4) is 0 Å². The van der Waals surface area contributed by atoms with Crippen LogP contribution < -0.4 is 0 Å². The standard InChI is InChI=1S/C17H12ClNO/c18-13-8-4-7-11-9-10-14-16(15(11)13)20-17(19-14)12-5-2-1-3-6-12/h1-2,4-5,7-10H,3,6H2. The molecule has 20 heavy (non-hydrogen) atoms. The quantitative estimate of drug-likeness (QED) is 0.599. The minimum atomic E-state index is 0.702. The molecule has 0 atom stereocenters. The Hall–Kier alpha value is -2.06. The molecule has 0 bridgehead atoms. The van der Waals surface area contributed by atoms with Crippen LogP contribution in [0.25, 0.3) is 27.4 Å². The minimum Gasteiger partial charge on any atom is -0.436 e. The molecule has 1 aliphatic carbocycles. The van der Waals surface area contributed by atoms with Crippen LogP contribution in [0.1, 0.15) is 18.7 Å². The van der Waals surface area contributed by atoms with Crippen LogP contribution in [0.15, 0.2) is 53.0 Å². The molecule has 1 heterocycles. The number of aromatic nitrogens is 1. The molecule has 0 N–H and O–H groups in total. The molecular formula is C17H12ClNO. The first-order chi connectivity index (χ1) is 9.83. The van der Waals surface area contributed by atoms with Crippen molar-refractivity contribution in [2.45, 2.75) is 12.8 Å². The van der Waals surface area contributed by atoms with Crippen LogP contribution in [0.2, 0.25) is 5.02 Å². The van der Waals surface area contributed by atoms with Crippen LogP contribution in [0, 0.1) is 0 Å². The molecule has 0 saturated heterocycles. The predicted molar refractivity (Wildman–Crippen MR) is 82.9 cm³/mol. The maximum absolute atomic E-state index is 6.32. The fourth-order valence-corrected chi connectivity index (χ4v) is 2.90. The molecule has 2 aromatic carbocycles. The summed E-state index contributed by atoms with van der Waals surface area (Å²) >= 11 is 6.32. The highest BCUT2D eigenvalue weighted by Crippen LogP contribution is 2.34. The Kier molecular flexibility index (Phi) is 2.64. The summed E-state index contributed by atoms with van der Waals surface area (Å²) in [5, 5.41) is 2.72. The lowest BCUT2D eigenvalue weighted by Gasteiger charge is -2.03. The zero-order valence-corrected chi connectivity index (χ0v) is 11.5. The highest BCUT2D eigenvalue weighted by atomic mass is 35.5. The Morgan fingerprint density at radius 3 is 2.95 bits per heavy atom. The van der Waals surface area contributed by atoms with Gasteiger partial charge in [0.2, 0.25) is 5.89 Å². The van der Waals surface area contributed by atoms with Crippen LogP contribution in [0.5, 0.6) is 0 Å². The lowest BCUT2D eigenvalue weighted by molar-refractivity contribution is 0.583. The van der Waals surface area contributed by atoms with Gasteiger partial charge < -0.3 is 4.42 Å². The molecule has 3 heteroatoms. The summed E-state index contributed by atoms with van der Waals surface area (Å²) in [7, 11) is 0. The summed E-state index contributed by atoms with van der Waals surface area (Å²) in [6.07, 6.45) is 8.27. The maximum Gasteiger partial charge on any atom is 0.223 e. The molecule has 0 spiro atoms. The molecule has 4 rings (SSSR count). The zero-order valence-electron chi connectivity index (χ0n) is 10.8. The van der Waals surface area contributed by atoms with Crippen molar-refractivity contribution in [3.63, 3.8) is 0 Å². The minimum absolute atomic E-state index is 0.702. The summed E-state index contributed by atoms with van der Waals surface area (Å²) in [6, 6.07) is 9.88. The predicted octanol–water partition coefficient (Wildman–Crippen LogP) is 5.37. The Balaban J connectivity index is 2.01. The smallest absolute Gasteiger partial charge is 0.223 e. The van der Waals surface area contributed by atoms with Crippen molar-refractivity contribution in [3.05, 3.63) is 59.5 Å². The van der Waals surface area contributed by atoms with E-state index < -0.39 is 0 Å². The van der Waals surface area contributed by atoms with Gasteiger partial charge in [0.1, 0.15) is 5.52 Å². The second-order valence-electron chi connectivity index (χ2n) is 4.93. The van der Waals surface area contributed by atoms with E-state index in [1.165, 1.54) is 0 Å². The van der Waals surface area contributed by atoms with Gasteiger partial charge in [0.25, 0.3) is 0 Å². The van der Waals surface area contributed by atoms with Crippen LogP contribution in [-0.2, 0) is 0 Å². The topological polar surface area (TPSA) is 26.0 Å². The van der Waals surface area contributed by atoms with Gasteiger partial charge in [-0.25, -0.2) is 4.98 Å². The van der Waals surface area contributed by atoms with Crippen molar-refractivity contribution in [1.82, 2.24) is 4.98 Å². The van der Waals surface area contributed by atoms with Crippen molar-refractivity contribution < 1.29 is 4.42 Å². The average Bonchev–Trinajstić information content (AvgIpc) is 2.92. The van der Waals surface area contributed by atoms with Gasteiger partial charge in [0.05, 0.1) is 5.02 Å². The van der Waals surface area contributed by atoms with E-state index in [9.17, 15) is 0 Å². The molecule has 1 aliphatic rings. The van der Waals surface area contributed by atoms with Gasteiger partial charge in [-0.3, -0.25) is 0 Å². The molecule has 0 unspecified atom stereocenters. The second-order valence-corrected chi connectivity index (χ2v) is 5.34. The van der Waals surface area contributed by atoms with E-state index in [4.69, 9.17) is 16.0 Å². The lowest BCUT2D eigenvalue weighted by atomic mass is 10.1. The van der Waals surface area contributed by atoms with Gasteiger partial charge in [0.15, 0.2) is 5.58 Å². The Bertz CT molecular complexity index is 873. The summed E-state index contributed by atoms with van der Waals surface area (Å²) in [5.74, 6) is 0.705. The first-order valence-corrected chi connectivity index (χ1v) is 7.04. The number of hydrogen-bond donors (Lipinski definition) is 0. The highest BCUT2D eigenvalue weighted by Gasteiger charge is 2.14. The van der Waals surface area contributed by atoms with Gasteiger partial charge in [-0.2, -0.15) is 0 Å². The lowest BCUT2D eigenvalue weighted by Crippen LogP contribution is -1.87. The molecule has 0 aliphatic heterocycles. The van der Waals surface area contributed by atoms with E-state index in [0.717, 1.165) is 40.3 Å². The zero-order chi connectivity index (χ0) is 13.5. The van der Waals surface area contributed by atoms with E-state index >= 15 is 0 Å². The van der Waals surface area contributed by atoms with Crippen molar-refractivity contribution in [2.75, 3.05) is 0 Å². The van der Waals surface area contributed by atoms with Gasteiger partial charge >= 0.3 is 0 Å². The molecule has 2 nitrogen and oxygen atoms in total. The van der Waals surface area contributed by atoms with E-state index in [1.807, 2.05) is 30.3 Å². The third-order valence-corrected chi connectivity index (χ3v) is 3.95. The number of allylic oxidation sites excluding steroid dienone is 4. The molecule has 3 aromatic rings. The number of benzene rings is 2. The average molecular weight is 282 g/mol. The summed E-state index contributed by atoms with van der Waals surface area (Å²) in [5.41, 5.74) is 2.78. The third kappa shape index (κ3) is 1.76. The summed E-state index contributed by atoms with van der Waals surface area (Å²) in [6.45, 7) is 0. The van der Waals surface area contributed by atoms with Crippen LogP contribution in [-0.4, -0.2) is 4.98 Å². The Labute approximate surface area is 121 Å². The number of fused-ring (bicyclic) bond motifs is 3. The first-order valence-electron chi connectivity index (χ1n) is 6.67. The largest absolute Gasteiger partial charge is 0.436 e. The first kappa shape index (κ1) is 11.7. The molecule has 0 amide bonds. The van der Waals surface area contributed by atoms with E-state index in [0.29, 0.717) is 10.9 Å². The van der Waals surface area contributed by atoms with Crippen molar-refractivity contribution in [1.29, 1.82) is 0 Å². The highest BCUT2D eigenvalue weighted by molar-refractivity contribution is 6.37. The molecule has 0 radical (unpaired) electrons. The maximum atomic E-state index is 6.32. The SMILES string of the molecule is Clc1cccc2ccc3nc(C4=CC=CCC4)oc3c12. The number of oxazole rings is 1. The van der Waals surface area contributed by atoms with Crippen molar-refractivity contribution in [3.8, 4) is 0 Å². The molecule has 98 valence electrons. The number of halogens is 1. The van der Waals surface area contributed by atoms with Crippen molar-refractivity contribution in [2.24, 2.45) is 0 Å².